The number of aromatic nitrogens is 2. The van der Waals surface area contributed by atoms with Crippen LogP contribution in [0, 0.1) is 0 Å². The zero-order valence-electron chi connectivity index (χ0n) is 21.2. The predicted octanol–water partition coefficient (Wildman–Crippen LogP) is 4.59. The highest BCUT2D eigenvalue weighted by Crippen LogP contribution is 2.51. The second kappa shape index (κ2) is 10.0. The van der Waals surface area contributed by atoms with E-state index in [1.807, 2.05) is 16.8 Å². The maximum atomic E-state index is 12.7. The van der Waals surface area contributed by atoms with Crippen LogP contribution in [0.5, 0.6) is 17.2 Å². The lowest BCUT2D eigenvalue weighted by Crippen LogP contribution is -2.39. The molecule has 0 spiro atoms. The zero-order chi connectivity index (χ0) is 25.3. The molecular weight excluding hydrogens is 460 g/mol. The Morgan fingerprint density at radius 3 is 2.78 bits per heavy atom. The Bertz CT molecular complexity index is 1170. The molecule has 1 N–H and O–H groups in total. The molecule has 1 aromatic heterocycles. The van der Waals surface area contributed by atoms with Crippen molar-refractivity contribution < 1.29 is 28.8 Å². The number of nitrogens with zero attached hydrogens (tertiary/aromatic N) is 2. The van der Waals surface area contributed by atoms with Gasteiger partial charge in [-0.25, -0.2) is 9.78 Å². The highest BCUT2D eigenvalue weighted by Gasteiger charge is 2.40. The first-order valence-electron chi connectivity index (χ1n) is 12.8. The minimum atomic E-state index is -1.03. The summed E-state index contributed by atoms with van der Waals surface area (Å²) in [5.41, 5.74) is 1.51. The van der Waals surface area contributed by atoms with Crippen molar-refractivity contribution in [1.82, 2.24) is 9.55 Å². The summed E-state index contributed by atoms with van der Waals surface area (Å²) in [5.74, 6) is 1.41. The van der Waals surface area contributed by atoms with E-state index in [1.165, 1.54) is 6.42 Å². The van der Waals surface area contributed by atoms with Crippen LogP contribution in [-0.2, 0) is 22.5 Å². The number of aliphatic hydroxyl groups is 1. The standard InChI is InChI=1S/C28H34N2O6/c1-4-33-27(31)23-14-18(10-12-30-13-11-29-17-30)25-22(35-23)16-21-20(15-24(36-21)28(2,3)32)26(25)34-19-8-6-5-7-9-19/h10-11,13-14,16-17,19,24,32H,4-9,12,15H2,1-3H3/b18-10+/t24-/m0/s1. The van der Waals surface area contributed by atoms with Gasteiger partial charge in [0.25, 0.3) is 0 Å². The Balaban J connectivity index is 1.61. The van der Waals surface area contributed by atoms with Crippen LogP contribution in [0.4, 0.5) is 0 Å². The van der Waals surface area contributed by atoms with E-state index >= 15 is 0 Å². The van der Waals surface area contributed by atoms with Crippen LogP contribution in [-0.4, -0.2) is 45.0 Å². The lowest BCUT2D eigenvalue weighted by Gasteiger charge is -2.28. The number of benzene rings is 1. The van der Waals surface area contributed by atoms with Crippen LogP contribution in [0.1, 0.15) is 64.0 Å². The molecule has 0 amide bonds. The molecule has 1 fully saturated rings. The van der Waals surface area contributed by atoms with Crippen LogP contribution in [0.2, 0.25) is 0 Å². The van der Waals surface area contributed by atoms with Crippen LogP contribution >= 0.6 is 0 Å². The van der Waals surface area contributed by atoms with Gasteiger partial charge in [0, 0.05) is 37.0 Å². The first-order chi connectivity index (χ1) is 17.3. The second-order valence-electron chi connectivity index (χ2n) is 10.1. The number of esters is 1. The number of fused-ring (bicyclic) bond motifs is 2. The van der Waals surface area contributed by atoms with Crippen molar-refractivity contribution in [2.75, 3.05) is 6.61 Å². The topological polar surface area (TPSA) is 92.0 Å². The van der Waals surface area contributed by atoms with Gasteiger partial charge in [-0.3, -0.25) is 0 Å². The molecule has 1 atom stereocenters. The summed E-state index contributed by atoms with van der Waals surface area (Å²) >= 11 is 0. The molecule has 0 bridgehead atoms. The van der Waals surface area contributed by atoms with Gasteiger partial charge in [0.05, 0.1) is 30.2 Å². The average Bonchev–Trinajstić information content (AvgIpc) is 3.53. The minimum Gasteiger partial charge on any atom is -0.489 e. The van der Waals surface area contributed by atoms with Crippen molar-refractivity contribution >= 4 is 11.5 Å². The molecule has 3 heterocycles. The number of carbonyl (C=O) groups is 1. The second-order valence-corrected chi connectivity index (χ2v) is 10.1. The number of carbonyl (C=O) groups excluding carboxylic acids is 1. The van der Waals surface area contributed by atoms with Gasteiger partial charge in [-0.05, 0) is 58.1 Å². The Labute approximate surface area is 211 Å². The zero-order valence-corrected chi connectivity index (χ0v) is 21.2. The number of hydrogen-bond donors (Lipinski definition) is 1. The van der Waals surface area contributed by atoms with E-state index in [-0.39, 0.29) is 18.5 Å². The lowest BCUT2D eigenvalue weighted by molar-refractivity contribution is -0.141. The van der Waals surface area contributed by atoms with Gasteiger partial charge in [-0.2, -0.15) is 0 Å². The number of allylic oxidation sites excluding steroid dienone is 3. The smallest absolute Gasteiger partial charge is 0.374 e. The van der Waals surface area contributed by atoms with Gasteiger partial charge < -0.3 is 28.6 Å². The van der Waals surface area contributed by atoms with E-state index in [4.69, 9.17) is 18.9 Å². The molecule has 8 nitrogen and oxygen atoms in total. The summed E-state index contributed by atoms with van der Waals surface area (Å²) in [4.78, 5) is 16.8. The molecule has 1 aliphatic carbocycles. The maximum absolute atomic E-state index is 12.7. The fourth-order valence-corrected chi connectivity index (χ4v) is 4.98. The van der Waals surface area contributed by atoms with Crippen LogP contribution in [0.25, 0.3) is 5.57 Å². The monoisotopic (exact) mass is 494 g/mol. The third kappa shape index (κ3) is 5.00. The molecule has 1 saturated carbocycles. The summed E-state index contributed by atoms with van der Waals surface area (Å²) < 4.78 is 26.2. The van der Waals surface area contributed by atoms with Gasteiger partial charge in [0.15, 0.2) is 0 Å². The van der Waals surface area contributed by atoms with Crippen molar-refractivity contribution in [2.45, 2.75) is 83.6 Å². The molecule has 192 valence electrons. The summed E-state index contributed by atoms with van der Waals surface area (Å²) in [5, 5.41) is 10.7. The van der Waals surface area contributed by atoms with Crippen molar-refractivity contribution in [1.29, 1.82) is 0 Å². The van der Waals surface area contributed by atoms with Gasteiger partial charge in [0.1, 0.15) is 23.4 Å². The highest BCUT2D eigenvalue weighted by atomic mass is 16.6. The number of ether oxygens (including phenoxy) is 4. The first kappa shape index (κ1) is 24.4. The highest BCUT2D eigenvalue weighted by molar-refractivity contribution is 5.95. The molecular formula is C28H34N2O6. The fraction of sp³-hybridized carbons (Fsp3) is 0.500. The molecule has 0 radical (unpaired) electrons. The number of rotatable bonds is 7. The summed E-state index contributed by atoms with van der Waals surface area (Å²) in [7, 11) is 0. The molecule has 36 heavy (non-hydrogen) atoms. The quantitative estimate of drug-likeness (QED) is 0.563. The van der Waals surface area contributed by atoms with Crippen molar-refractivity contribution in [3.63, 3.8) is 0 Å². The molecule has 0 unspecified atom stereocenters. The summed E-state index contributed by atoms with van der Waals surface area (Å²) in [6.07, 6.45) is 14.8. The Hall–Kier alpha value is -3.26. The van der Waals surface area contributed by atoms with Crippen molar-refractivity contribution in [2.24, 2.45) is 0 Å². The SMILES string of the molecule is CCOC(=O)C1=C/C(=C\Cn2ccnc2)c2c(cc3c(c2OC2CCCCC2)C[C@@H](C(C)(C)O)O3)O1. The first-order valence-corrected chi connectivity index (χ1v) is 12.8. The van der Waals surface area contributed by atoms with Crippen molar-refractivity contribution in [3.8, 4) is 17.2 Å². The third-order valence-electron chi connectivity index (χ3n) is 6.94. The van der Waals surface area contributed by atoms with E-state index in [0.29, 0.717) is 24.5 Å². The summed E-state index contributed by atoms with van der Waals surface area (Å²) in [6, 6.07) is 1.81. The fourth-order valence-electron chi connectivity index (χ4n) is 4.98. The van der Waals surface area contributed by atoms with Gasteiger partial charge in [-0.1, -0.05) is 12.5 Å². The number of imidazole rings is 1. The molecule has 3 aliphatic rings. The van der Waals surface area contributed by atoms with E-state index in [2.05, 4.69) is 4.98 Å². The average molecular weight is 495 g/mol. The van der Waals surface area contributed by atoms with Crippen molar-refractivity contribution in [3.05, 3.63) is 53.8 Å². The maximum Gasteiger partial charge on any atom is 0.374 e. The number of hydrogen-bond acceptors (Lipinski definition) is 7. The summed E-state index contributed by atoms with van der Waals surface area (Å²) in [6.45, 7) is 6.07. The van der Waals surface area contributed by atoms with E-state index < -0.39 is 17.7 Å². The normalized spacial score (nSPS) is 20.7. The minimum absolute atomic E-state index is 0.0980. The van der Waals surface area contributed by atoms with E-state index in [9.17, 15) is 9.90 Å². The third-order valence-corrected chi connectivity index (χ3v) is 6.94. The Morgan fingerprint density at radius 2 is 2.08 bits per heavy atom. The molecule has 2 aromatic rings. The van der Waals surface area contributed by atoms with Crippen LogP contribution in [0.3, 0.4) is 0 Å². The van der Waals surface area contributed by atoms with Crippen LogP contribution in [0.15, 0.2) is 42.7 Å². The molecule has 0 saturated heterocycles. The van der Waals surface area contributed by atoms with Crippen LogP contribution < -0.4 is 14.2 Å². The predicted molar refractivity (Wildman–Crippen MR) is 134 cm³/mol. The largest absolute Gasteiger partial charge is 0.489 e. The Morgan fingerprint density at radius 1 is 1.28 bits per heavy atom. The van der Waals surface area contributed by atoms with E-state index in [0.717, 1.165) is 48.1 Å². The van der Waals surface area contributed by atoms with E-state index in [1.54, 1.807) is 45.4 Å². The van der Waals surface area contributed by atoms with Gasteiger partial charge in [-0.15, -0.1) is 0 Å². The van der Waals surface area contributed by atoms with Gasteiger partial charge in [0.2, 0.25) is 5.76 Å². The Kier molecular flexibility index (Phi) is 6.79. The molecule has 2 aliphatic heterocycles. The molecule has 5 rings (SSSR count). The molecule has 8 heteroatoms. The van der Waals surface area contributed by atoms with Gasteiger partial charge >= 0.3 is 5.97 Å². The lowest BCUT2D eigenvalue weighted by atomic mass is 9.92. The molecule has 1 aromatic carbocycles.